The summed E-state index contributed by atoms with van der Waals surface area (Å²) in [6, 6.07) is 9.24. The minimum atomic E-state index is -3.41. The summed E-state index contributed by atoms with van der Waals surface area (Å²) in [6.07, 6.45) is 2.53. The van der Waals surface area contributed by atoms with Gasteiger partial charge in [0.15, 0.2) is 5.82 Å². The maximum Gasteiger partial charge on any atom is 0.285 e. The van der Waals surface area contributed by atoms with E-state index in [4.69, 9.17) is 11.6 Å². The molecule has 0 bridgehead atoms. The minimum Gasteiger partial charge on any atom is -0.348 e. The van der Waals surface area contributed by atoms with Crippen LogP contribution in [0.2, 0.25) is 5.02 Å². The zero-order valence-corrected chi connectivity index (χ0v) is 18.6. The second-order valence-corrected chi connectivity index (χ2v) is 9.24. The molecule has 0 aliphatic heterocycles. The Hall–Kier alpha value is -3.02. The summed E-state index contributed by atoms with van der Waals surface area (Å²) in [7, 11) is -1.76. The molecule has 164 valence electrons. The Morgan fingerprint density at radius 1 is 1.23 bits per heavy atom. The van der Waals surface area contributed by atoms with Crippen LogP contribution in [0.5, 0.6) is 0 Å². The summed E-state index contributed by atoms with van der Waals surface area (Å²) in [4.78, 5) is 25.9. The van der Waals surface area contributed by atoms with E-state index in [1.54, 1.807) is 44.3 Å². The van der Waals surface area contributed by atoms with Crippen molar-refractivity contribution in [3.8, 4) is 17.1 Å². The summed E-state index contributed by atoms with van der Waals surface area (Å²) in [5, 5.41) is 11.6. The lowest BCUT2D eigenvalue weighted by Gasteiger charge is -2.15. The summed E-state index contributed by atoms with van der Waals surface area (Å²) in [5.41, 5.74) is 0.250. The highest BCUT2D eigenvalue weighted by molar-refractivity contribution is 7.88. The van der Waals surface area contributed by atoms with Crippen molar-refractivity contribution in [1.29, 1.82) is 0 Å². The van der Waals surface area contributed by atoms with Crippen LogP contribution >= 0.6 is 11.6 Å². The first-order chi connectivity index (χ1) is 14.5. The number of aromatic nitrogens is 4. The number of hydrogen-bond donors (Lipinski definition) is 2. The van der Waals surface area contributed by atoms with E-state index in [0.29, 0.717) is 22.1 Å². The molecule has 12 heteroatoms. The van der Waals surface area contributed by atoms with Gasteiger partial charge in [-0.3, -0.25) is 14.3 Å². The number of aryl methyl sites for hydroxylation is 1. The lowest BCUT2D eigenvalue weighted by atomic mass is 10.1. The molecule has 1 unspecified atom stereocenters. The van der Waals surface area contributed by atoms with Crippen molar-refractivity contribution in [2.45, 2.75) is 13.0 Å². The fourth-order valence-corrected chi connectivity index (χ4v) is 3.46. The van der Waals surface area contributed by atoms with Gasteiger partial charge in [0.25, 0.3) is 11.5 Å². The van der Waals surface area contributed by atoms with Crippen LogP contribution in [-0.4, -0.2) is 52.7 Å². The predicted octanol–water partition coefficient (Wildman–Crippen LogP) is 0.954. The Bertz CT molecular complexity index is 1270. The van der Waals surface area contributed by atoms with Crippen LogP contribution in [0.15, 0.2) is 47.4 Å². The number of amides is 1. The molecule has 3 aromatic rings. The topological polar surface area (TPSA) is 128 Å². The van der Waals surface area contributed by atoms with Crippen molar-refractivity contribution in [3.63, 3.8) is 0 Å². The van der Waals surface area contributed by atoms with E-state index in [1.165, 1.54) is 16.9 Å². The largest absolute Gasteiger partial charge is 0.348 e. The number of hydrogen-bond acceptors (Lipinski definition) is 6. The fraction of sp³-hybridized carbons (Fsp3) is 0.263. The number of carbonyl (C=O) groups excluding carboxylic acids is 1. The molecule has 1 atom stereocenters. The van der Waals surface area contributed by atoms with Crippen molar-refractivity contribution in [2.75, 3.05) is 12.8 Å². The van der Waals surface area contributed by atoms with Gasteiger partial charge in [-0.15, -0.1) is 0 Å². The first-order valence-corrected chi connectivity index (χ1v) is 11.5. The van der Waals surface area contributed by atoms with Gasteiger partial charge in [-0.25, -0.2) is 13.1 Å². The van der Waals surface area contributed by atoms with E-state index >= 15 is 0 Å². The van der Waals surface area contributed by atoms with Crippen LogP contribution < -0.4 is 15.6 Å². The predicted molar refractivity (Wildman–Crippen MR) is 117 cm³/mol. The monoisotopic (exact) mass is 464 g/mol. The van der Waals surface area contributed by atoms with Gasteiger partial charge in [-0.05, 0) is 25.1 Å². The first kappa shape index (κ1) is 22.7. The molecule has 0 fully saturated rings. The summed E-state index contributed by atoms with van der Waals surface area (Å²) < 4.78 is 27.4. The molecule has 1 amide bonds. The van der Waals surface area contributed by atoms with Crippen LogP contribution in [0, 0.1) is 0 Å². The minimum absolute atomic E-state index is 0.0182. The van der Waals surface area contributed by atoms with Gasteiger partial charge in [0, 0.05) is 36.3 Å². The Labute approximate surface area is 183 Å². The zero-order chi connectivity index (χ0) is 22.8. The molecule has 0 aliphatic rings. The van der Waals surface area contributed by atoms with E-state index in [1.807, 2.05) is 0 Å². The van der Waals surface area contributed by atoms with E-state index in [-0.39, 0.29) is 12.1 Å². The van der Waals surface area contributed by atoms with Crippen molar-refractivity contribution < 1.29 is 13.2 Å². The number of nitrogens with one attached hydrogen (secondary N) is 2. The lowest BCUT2D eigenvalue weighted by Crippen LogP contribution is -2.43. The molecule has 2 heterocycles. The fourth-order valence-electron chi connectivity index (χ4n) is 2.78. The SMILES string of the molecule is CC(CNS(C)(=O)=O)NC(=O)c1cc(-c2ccc(Cl)cc2)nn(-c2ccnn2C)c1=O. The van der Waals surface area contributed by atoms with Gasteiger partial charge in [0.1, 0.15) is 5.56 Å². The smallest absolute Gasteiger partial charge is 0.285 e. The molecule has 0 aliphatic carbocycles. The van der Waals surface area contributed by atoms with Gasteiger partial charge in [0.2, 0.25) is 10.0 Å². The van der Waals surface area contributed by atoms with E-state index < -0.39 is 27.5 Å². The van der Waals surface area contributed by atoms with Crippen LogP contribution in [0.1, 0.15) is 17.3 Å². The maximum absolute atomic E-state index is 13.1. The quantitative estimate of drug-likeness (QED) is 0.536. The summed E-state index contributed by atoms with van der Waals surface area (Å²) in [5.74, 6) is -0.275. The summed E-state index contributed by atoms with van der Waals surface area (Å²) in [6.45, 7) is 1.60. The lowest BCUT2D eigenvalue weighted by molar-refractivity contribution is 0.0938. The van der Waals surface area contributed by atoms with Crippen molar-refractivity contribution in [3.05, 3.63) is 63.5 Å². The summed E-state index contributed by atoms with van der Waals surface area (Å²) >= 11 is 5.96. The second-order valence-electron chi connectivity index (χ2n) is 6.98. The highest BCUT2D eigenvalue weighted by Crippen LogP contribution is 2.20. The molecule has 0 saturated heterocycles. The Morgan fingerprint density at radius 2 is 1.90 bits per heavy atom. The van der Waals surface area contributed by atoms with E-state index in [2.05, 4.69) is 20.2 Å². The molecular formula is C19H21ClN6O4S. The highest BCUT2D eigenvalue weighted by Gasteiger charge is 2.20. The molecule has 0 saturated carbocycles. The molecule has 0 radical (unpaired) electrons. The standard InChI is InChI=1S/C19H21ClN6O4S/c1-12(11-22-31(3,29)30)23-18(27)15-10-16(13-4-6-14(20)7-5-13)24-26(19(15)28)17-8-9-21-25(17)2/h4-10,12,22H,11H2,1-3H3,(H,23,27). The molecule has 2 N–H and O–H groups in total. The number of halogens is 1. The van der Waals surface area contributed by atoms with Gasteiger partial charge >= 0.3 is 0 Å². The Morgan fingerprint density at radius 3 is 2.48 bits per heavy atom. The number of rotatable bonds is 7. The van der Waals surface area contributed by atoms with Gasteiger partial charge in [-0.2, -0.15) is 14.9 Å². The van der Waals surface area contributed by atoms with Gasteiger partial charge in [0.05, 0.1) is 18.1 Å². The number of benzene rings is 1. The van der Waals surface area contributed by atoms with Gasteiger partial charge in [-0.1, -0.05) is 23.7 Å². The molecule has 3 rings (SSSR count). The third kappa shape index (κ3) is 5.57. The van der Waals surface area contributed by atoms with E-state index in [9.17, 15) is 18.0 Å². The zero-order valence-electron chi connectivity index (χ0n) is 17.0. The maximum atomic E-state index is 13.1. The Balaban J connectivity index is 2.03. The molecule has 2 aromatic heterocycles. The molecule has 0 spiro atoms. The Kier molecular flexibility index (Phi) is 6.58. The van der Waals surface area contributed by atoms with Crippen molar-refractivity contribution >= 4 is 27.5 Å². The molecular weight excluding hydrogens is 444 g/mol. The molecule has 1 aromatic carbocycles. The van der Waals surface area contributed by atoms with E-state index in [0.717, 1.165) is 10.9 Å². The number of sulfonamides is 1. The highest BCUT2D eigenvalue weighted by atomic mass is 35.5. The average Bonchev–Trinajstić information content (AvgIpc) is 3.12. The normalized spacial score (nSPS) is 12.5. The van der Waals surface area contributed by atoms with Crippen LogP contribution in [0.3, 0.4) is 0 Å². The van der Waals surface area contributed by atoms with Crippen molar-refractivity contribution in [1.82, 2.24) is 29.6 Å². The van der Waals surface area contributed by atoms with Crippen LogP contribution in [0.25, 0.3) is 17.1 Å². The number of carbonyl (C=O) groups is 1. The second kappa shape index (κ2) is 9.00. The number of nitrogens with zero attached hydrogens (tertiary/aromatic N) is 4. The molecule has 10 nitrogen and oxygen atoms in total. The van der Waals surface area contributed by atoms with Crippen LogP contribution in [0.4, 0.5) is 0 Å². The first-order valence-electron chi connectivity index (χ1n) is 9.19. The molecule has 31 heavy (non-hydrogen) atoms. The average molecular weight is 465 g/mol. The third-order valence-electron chi connectivity index (χ3n) is 4.34. The van der Waals surface area contributed by atoms with Crippen LogP contribution in [-0.2, 0) is 17.1 Å². The van der Waals surface area contributed by atoms with Crippen molar-refractivity contribution in [2.24, 2.45) is 7.05 Å². The van der Waals surface area contributed by atoms with Gasteiger partial charge < -0.3 is 5.32 Å². The third-order valence-corrected chi connectivity index (χ3v) is 5.28.